The summed E-state index contributed by atoms with van der Waals surface area (Å²) in [6, 6.07) is 3.70. The number of carbonyl (C=O) groups is 2. The normalized spacial score (nSPS) is 19.8. The summed E-state index contributed by atoms with van der Waals surface area (Å²) in [7, 11) is 0. The van der Waals surface area contributed by atoms with Crippen LogP contribution in [0.5, 0.6) is 0 Å². The van der Waals surface area contributed by atoms with Crippen LogP contribution >= 0.6 is 0 Å². The largest absolute Gasteiger partial charge is 0.381 e. The molecule has 5 rings (SSSR count). The van der Waals surface area contributed by atoms with Gasteiger partial charge in [-0.2, -0.15) is 0 Å². The maximum Gasteiger partial charge on any atom is 0.274 e. The minimum Gasteiger partial charge on any atom is -0.381 e. The van der Waals surface area contributed by atoms with Crippen LogP contribution in [0, 0.1) is 6.92 Å². The second kappa shape index (κ2) is 8.16. The Morgan fingerprint density at radius 2 is 1.97 bits per heavy atom. The highest BCUT2D eigenvalue weighted by Gasteiger charge is 2.31. The van der Waals surface area contributed by atoms with E-state index in [0.29, 0.717) is 42.8 Å². The van der Waals surface area contributed by atoms with Crippen LogP contribution in [0.3, 0.4) is 0 Å². The summed E-state index contributed by atoms with van der Waals surface area (Å²) in [4.78, 5) is 47.2. The van der Waals surface area contributed by atoms with Gasteiger partial charge in [0.15, 0.2) is 0 Å². The van der Waals surface area contributed by atoms with Crippen molar-refractivity contribution in [3.05, 3.63) is 45.6 Å². The number of aryl methyl sites for hydroxylation is 1. The van der Waals surface area contributed by atoms with Gasteiger partial charge in [-0.3, -0.25) is 18.8 Å². The Balaban J connectivity index is 1.60. The summed E-state index contributed by atoms with van der Waals surface area (Å²) in [6.07, 6.45) is 5.51. The molecule has 0 radical (unpaired) electrons. The predicted octanol–water partition coefficient (Wildman–Crippen LogP) is 2.96. The molecule has 1 amide bonds. The summed E-state index contributed by atoms with van der Waals surface area (Å²) in [5, 5.41) is 0. The predicted molar refractivity (Wildman–Crippen MR) is 120 cm³/mol. The molecule has 8 heteroatoms. The number of aromatic nitrogens is 3. The van der Waals surface area contributed by atoms with Crippen molar-refractivity contribution in [1.29, 1.82) is 0 Å². The van der Waals surface area contributed by atoms with Crippen LogP contribution in [0.2, 0.25) is 0 Å². The number of fused-ring (bicyclic) bond motifs is 3. The van der Waals surface area contributed by atoms with Crippen molar-refractivity contribution in [1.82, 2.24) is 19.3 Å². The van der Waals surface area contributed by atoms with E-state index in [0.717, 1.165) is 42.6 Å². The molecule has 2 aliphatic heterocycles. The van der Waals surface area contributed by atoms with E-state index in [1.54, 1.807) is 19.2 Å². The topological polar surface area (TPSA) is 96.8 Å². The van der Waals surface area contributed by atoms with Crippen LogP contribution in [0.1, 0.15) is 66.7 Å². The van der Waals surface area contributed by atoms with E-state index < -0.39 is 0 Å². The van der Waals surface area contributed by atoms with E-state index in [4.69, 9.17) is 4.74 Å². The van der Waals surface area contributed by atoms with Crippen LogP contribution in [-0.4, -0.2) is 56.8 Å². The number of Topliss-reactive ketones (excluding diaryl/α,β-unsaturated/α-hetero) is 1. The van der Waals surface area contributed by atoms with Gasteiger partial charge in [-0.15, -0.1) is 0 Å². The smallest absolute Gasteiger partial charge is 0.274 e. The zero-order chi connectivity index (χ0) is 22.4. The SMILES string of the molecule is CC(=O)C[C@@H]1CCCN1C(=O)c1cc2[nH]c(=O)c3cnc(C4CCOCC4)n3c2cc1C. The number of rotatable bonds is 4. The van der Waals surface area contributed by atoms with Crippen molar-refractivity contribution in [2.75, 3.05) is 19.8 Å². The number of ether oxygens (including phenoxy) is 1. The monoisotopic (exact) mass is 436 g/mol. The van der Waals surface area contributed by atoms with Gasteiger partial charge in [0.1, 0.15) is 17.1 Å². The van der Waals surface area contributed by atoms with Crippen LogP contribution in [0.4, 0.5) is 0 Å². The third kappa shape index (κ3) is 3.52. The minimum absolute atomic E-state index is 0.0506. The Bertz CT molecular complexity index is 1270. The molecule has 0 saturated carbocycles. The average Bonchev–Trinajstić information content (AvgIpc) is 3.41. The minimum atomic E-state index is -0.221. The molecule has 0 spiro atoms. The lowest BCUT2D eigenvalue weighted by atomic mass is 9.99. The Labute approximate surface area is 185 Å². The first-order valence-corrected chi connectivity index (χ1v) is 11.4. The second-order valence-electron chi connectivity index (χ2n) is 9.06. The lowest BCUT2D eigenvalue weighted by molar-refractivity contribution is -0.117. The summed E-state index contributed by atoms with van der Waals surface area (Å²) >= 11 is 0. The van der Waals surface area contributed by atoms with Crippen molar-refractivity contribution in [2.45, 2.75) is 57.9 Å². The molecular formula is C24H28N4O4. The number of ketones is 1. The van der Waals surface area contributed by atoms with E-state index >= 15 is 0 Å². The quantitative estimate of drug-likeness (QED) is 0.678. The number of likely N-dealkylation sites (tertiary alicyclic amines) is 1. The number of H-pyrrole nitrogens is 1. The fourth-order valence-corrected chi connectivity index (χ4v) is 5.22. The van der Waals surface area contributed by atoms with Gasteiger partial charge in [0.25, 0.3) is 11.5 Å². The van der Waals surface area contributed by atoms with E-state index in [1.165, 1.54) is 0 Å². The van der Waals surface area contributed by atoms with Crippen LogP contribution in [0.15, 0.2) is 23.1 Å². The van der Waals surface area contributed by atoms with Gasteiger partial charge >= 0.3 is 0 Å². The van der Waals surface area contributed by atoms with Crippen molar-refractivity contribution >= 4 is 28.2 Å². The zero-order valence-corrected chi connectivity index (χ0v) is 18.5. The first-order valence-electron chi connectivity index (χ1n) is 11.4. The summed E-state index contributed by atoms with van der Waals surface area (Å²) in [5.41, 5.74) is 3.16. The highest BCUT2D eigenvalue weighted by atomic mass is 16.5. The average molecular weight is 437 g/mol. The molecule has 4 heterocycles. The maximum absolute atomic E-state index is 13.4. The number of hydrogen-bond acceptors (Lipinski definition) is 5. The molecule has 1 N–H and O–H groups in total. The molecule has 2 saturated heterocycles. The Hall–Kier alpha value is -3.00. The number of nitrogens with zero attached hydrogens (tertiary/aromatic N) is 3. The molecule has 3 aromatic rings. The van der Waals surface area contributed by atoms with Gasteiger partial charge in [0, 0.05) is 43.7 Å². The van der Waals surface area contributed by atoms with Crippen LogP contribution < -0.4 is 5.56 Å². The van der Waals surface area contributed by atoms with Crippen molar-refractivity contribution in [2.24, 2.45) is 0 Å². The fourth-order valence-electron chi connectivity index (χ4n) is 5.22. The number of carbonyl (C=O) groups excluding carboxylic acids is 2. The van der Waals surface area contributed by atoms with Gasteiger partial charge in [-0.05, 0) is 57.2 Å². The third-order valence-corrected chi connectivity index (χ3v) is 6.83. The van der Waals surface area contributed by atoms with E-state index in [2.05, 4.69) is 9.97 Å². The first kappa shape index (κ1) is 20.9. The summed E-state index contributed by atoms with van der Waals surface area (Å²) in [6.45, 7) is 5.52. The molecule has 0 bridgehead atoms. The molecule has 0 aliphatic carbocycles. The van der Waals surface area contributed by atoms with Gasteiger partial charge in [0.05, 0.1) is 17.2 Å². The highest BCUT2D eigenvalue weighted by Crippen LogP contribution is 2.30. The van der Waals surface area contributed by atoms with Crippen molar-refractivity contribution in [3.8, 4) is 0 Å². The van der Waals surface area contributed by atoms with Gasteiger partial charge < -0.3 is 14.6 Å². The van der Waals surface area contributed by atoms with Crippen LogP contribution in [0.25, 0.3) is 16.6 Å². The molecule has 2 aliphatic rings. The Morgan fingerprint density at radius 3 is 2.72 bits per heavy atom. The number of imidazole rings is 1. The standard InChI is InChI=1S/C24H28N4O4/c1-14-10-20-19(12-18(14)24(31)27-7-3-4-17(27)11-15(2)29)26-23(30)21-13-25-22(28(20)21)16-5-8-32-9-6-16/h10,12-13,16-17H,3-9,11H2,1-2H3,(H,26,30)/t17-/m0/s1. The summed E-state index contributed by atoms with van der Waals surface area (Å²) < 4.78 is 7.44. The molecular weight excluding hydrogens is 408 g/mol. The Kier molecular flexibility index (Phi) is 5.33. The molecule has 1 atom stereocenters. The van der Waals surface area contributed by atoms with Crippen LogP contribution in [-0.2, 0) is 9.53 Å². The van der Waals surface area contributed by atoms with Crippen molar-refractivity contribution in [3.63, 3.8) is 0 Å². The highest BCUT2D eigenvalue weighted by molar-refractivity contribution is 5.99. The number of aromatic amines is 1. The molecule has 0 unspecified atom stereocenters. The summed E-state index contributed by atoms with van der Waals surface area (Å²) in [5.74, 6) is 1.12. The van der Waals surface area contributed by atoms with Crippen molar-refractivity contribution < 1.29 is 14.3 Å². The number of amides is 1. The second-order valence-corrected chi connectivity index (χ2v) is 9.06. The first-order chi connectivity index (χ1) is 15.4. The van der Waals surface area contributed by atoms with E-state index in [1.807, 2.05) is 22.3 Å². The molecule has 8 nitrogen and oxygen atoms in total. The molecule has 168 valence electrons. The zero-order valence-electron chi connectivity index (χ0n) is 18.5. The van der Waals surface area contributed by atoms with E-state index in [-0.39, 0.29) is 29.2 Å². The van der Waals surface area contributed by atoms with Gasteiger partial charge in [-0.25, -0.2) is 4.98 Å². The number of nitrogens with one attached hydrogen (secondary N) is 1. The van der Waals surface area contributed by atoms with Gasteiger partial charge in [-0.1, -0.05) is 0 Å². The Morgan fingerprint density at radius 1 is 1.19 bits per heavy atom. The number of benzene rings is 1. The third-order valence-electron chi connectivity index (χ3n) is 6.83. The molecule has 2 aromatic heterocycles. The maximum atomic E-state index is 13.4. The lowest BCUT2D eigenvalue weighted by Crippen LogP contribution is -2.37. The van der Waals surface area contributed by atoms with Gasteiger partial charge in [0.2, 0.25) is 0 Å². The fraction of sp³-hybridized carbons (Fsp3) is 0.500. The lowest BCUT2D eigenvalue weighted by Gasteiger charge is -2.25. The van der Waals surface area contributed by atoms with E-state index in [9.17, 15) is 14.4 Å². The molecule has 1 aromatic carbocycles. The molecule has 2 fully saturated rings. The molecule has 32 heavy (non-hydrogen) atoms. The number of hydrogen-bond donors (Lipinski definition) is 1.